The van der Waals surface area contributed by atoms with Gasteiger partial charge in [-0.2, -0.15) is 18.4 Å². The van der Waals surface area contributed by atoms with Gasteiger partial charge in [-0.15, -0.1) is 0 Å². The highest BCUT2D eigenvalue weighted by Gasteiger charge is 2.33. The van der Waals surface area contributed by atoms with Gasteiger partial charge < -0.3 is 5.32 Å². The van der Waals surface area contributed by atoms with Crippen molar-refractivity contribution < 1.29 is 18.0 Å². The lowest BCUT2D eigenvalue weighted by atomic mass is 10.1. The minimum Gasteiger partial charge on any atom is -0.325 e. The van der Waals surface area contributed by atoms with Crippen LogP contribution in [0.2, 0.25) is 0 Å². The molecule has 0 spiro atoms. The van der Waals surface area contributed by atoms with E-state index in [9.17, 15) is 23.2 Å². The molecule has 0 radical (unpaired) electrons. The van der Waals surface area contributed by atoms with Gasteiger partial charge in [0.2, 0.25) is 5.91 Å². The summed E-state index contributed by atoms with van der Waals surface area (Å²) in [5, 5.41) is 11.8. The molecular formula is C17H14F3N3OS. The maximum Gasteiger partial charge on any atom is 0.418 e. The predicted molar refractivity (Wildman–Crippen MR) is 89.2 cm³/mol. The third-order valence-corrected chi connectivity index (χ3v) is 4.25. The number of aromatic nitrogens is 1. The van der Waals surface area contributed by atoms with Gasteiger partial charge in [-0.3, -0.25) is 4.79 Å². The third-order valence-electron chi connectivity index (χ3n) is 3.27. The summed E-state index contributed by atoms with van der Waals surface area (Å²) >= 11 is 1.01. The number of anilines is 1. The van der Waals surface area contributed by atoms with Crippen LogP contribution in [0.3, 0.4) is 0 Å². The number of hydrogen-bond donors (Lipinski definition) is 1. The number of carbonyl (C=O) groups excluding carboxylic acids is 1. The molecule has 0 aliphatic heterocycles. The standard InChI is InChI=1S/C17H14F3N3OS/c1-10-7-11(2)22-16(12(10)8-21)25-9-15(24)23-14-6-4-3-5-13(14)17(18,19)20/h3-7H,9H2,1-2H3,(H,23,24). The second-order valence-corrected chi connectivity index (χ2v) is 6.22. The summed E-state index contributed by atoms with van der Waals surface area (Å²) in [6, 6.07) is 8.55. The van der Waals surface area contributed by atoms with Crippen LogP contribution in [0.4, 0.5) is 18.9 Å². The van der Waals surface area contributed by atoms with Gasteiger partial charge in [0.05, 0.1) is 22.6 Å². The zero-order valence-electron chi connectivity index (χ0n) is 13.4. The summed E-state index contributed by atoms with van der Waals surface area (Å²) in [5.41, 5.74) is 0.589. The number of rotatable bonds is 4. The molecule has 1 aromatic carbocycles. The van der Waals surface area contributed by atoms with E-state index in [0.717, 1.165) is 23.4 Å². The van der Waals surface area contributed by atoms with E-state index in [-0.39, 0.29) is 11.4 Å². The van der Waals surface area contributed by atoms with Gasteiger partial charge in [0.25, 0.3) is 0 Å². The zero-order chi connectivity index (χ0) is 18.6. The Labute approximate surface area is 147 Å². The fourth-order valence-corrected chi connectivity index (χ4v) is 3.10. The number of thioether (sulfide) groups is 1. The molecule has 0 aliphatic carbocycles. The summed E-state index contributed by atoms with van der Waals surface area (Å²) in [7, 11) is 0. The molecule has 8 heteroatoms. The Morgan fingerprint density at radius 1 is 1.32 bits per heavy atom. The van der Waals surface area contributed by atoms with Crippen molar-refractivity contribution in [3.05, 3.63) is 52.7 Å². The van der Waals surface area contributed by atoms with Crippen LogP contribution < -0.4 is 5.32 Å². The van der Waals surface area contributed by atoms with E-state index in [2.05, 4.69) is 10.3 Å². The minimum atomic E-state index is -4.56. The minimum absolute atomic E-state index is 0.156. The first-order valence-corrected chi connectivity index (χ1v) is 8.18. The van der Waals surface area contributed by atoms with Gasteiger partial charge in [0, 0.05) is 5.69 Å². The van der Waals surface area contributed by atoms with Crippen molar-refractivity contribution in [3.8, 4) is 6.07 Å². The summed E-state index contributed by atoms with van der Waals surface area (Å²) in [6.07, 6.45) is -4.56. The molecule has 0 aliphatic rings. The molecule has 1 amide bonds. The van der Waals surface area contributed by atoms with Crippen molar-refractivity contribution in [1.29, 1.82) is 5.26 Å². The third kappa shape index (κ3) is 4.73. The number of nitrogens with one attached hydrogen (secondary N) is 1. The lowest BCUT2D eigenvalue weighted by Crippen LogP contribution is -2.18. The molecule has 0 unspecified atom stereocenters. The Hall–Kier alpha value is -2.53. The van der Waals surface area contributed by atoms with Crippen LogP contribution in [-0.2, 0) is 11.0 Å². The Morgan fingerprint density at radius 3 is 2.64 bits per heavy atom. The maximum absolute atomic E-state index is 12.9. The zero-order valence-corrected chi connectivity index (χ0v) is 14.3. The first-order chi connectivity index (χ1) is 11.7. The Morgan fingerprint density at radius 2 is 2.00 bits per heavy atom. The van der Waals surface area contributed by atoms with Crippen LogP contribution in [0, 0.1) is 25.2 Å². The van der Waals surface area contributed by atoms with E-state index in [1.54, 1.807) is 19.9 Å². The highest BCUT2D eigenvalue weighted by molar-refractivity contribution is 8.00. The molecule has 1 N–H and O–H groups in total. The molecular weight excluding hydrogens is 351 g/mol. The molecule has 0 saturated carbocycles. The van der Waals surface area contributed by atoms with Crippen molar-refractivity contribution in [3.63, 3.8) is 0 Å². The molecule has 0 bridgehead atoms. The van der Waals surface area contributed by atoms with Crippen LogP contribution in [0.5, 0.6) is 0 Å². The molecule has 1 aromatic heterocycles. The first-order valence-electron chi connectivity index (χ1n) is 7.19. The van der Waals surface area contributed by atoms with Gasteiger partial charge in [-0.1, -0.05) is 23.9 Å². The molecule has 130 valence electrons. The summed E-state index contributed by atoms with van der Waals surface area (Å²) in [4.78, 5) is 16.2. The molecule has 2 aromatic rings. The van der Waals surface area contributed by atoms with Crippen LogP contribution in [0.15, 0.2) is 35.4 Å². The van der Waals surface area contributed by atoms with Crippen LogP contribution in [-0.4, -0.2) is 16.6 Å². The van der Waals surface area contributed by atoms with Crippen LogP contribution in [0.25, 0.3) is 0 Å². The molecule has 0 fully saturated rings. The Kier molecular flexibility index (Phi) is 5.69. The smallest absolute Gasteiger partial charge is 0.325 e. The number of alkyl halides is 3. The van der Waals surface area contributed by atoms with E-state index >= 15 is 0 Å². The largest absolute Gasteiger partial charge is 0.418 e. The quantitative estimate of drug-likeness (QED) is 0.820. The average molecular weight is 365 g/mol. The molecule has 0 atom stereocenters. The number of nitrogens with zero attached hydrogens (tertiary/aromatic N) is 2. The first kappa shape index (κ1) is 18.8. The van der Waals surface area contributed by atoms with E-state index in [1.165, 1.54) is 18.2 Å². The molecule has 1 heterocycles. The normalized spacial score (nSPS) is 11.0. The molecule has 4 nitrogen and oxygen atoms in total. The highest BCUT2D eigenvalue weighted by Crippen LogP contribution is 2.34. The second kappa shape index (κ2) is 7.57. The maximum atomic E-state index is 12.9. The number of pyridine rings is 1. The fraction of sp³-hybridized carbons (Fsp3) is 0.235. The van der Waals surface area contributed by atoms with Gasteiger partial charge in [-0.25, -0.2) is 4.98 Å². The topological polar surface area (TPSA) is 65.8 Å². The number of nitriles is 1. The van der Waals surface area contributed by atoms with E-state index in [0.29, 0.717) is 16.3 Å². The number of hydrogen-bond acceptors (Lipinski definition) is 4. The van der Waals surface area contributed by atoms with Crippen molar-refractivity contribution in [2.24, 2.45) is 0 Å². The molecule has 25 heavy (non-hydrogen) atoms. The van der Waals surface area contributed by atoms with Gasteiger partial charge >= 0.3 is 6.18 Å². The highest BCUT2D eigenvalue weighted by atomic mass is 32.2. The lowest BCUT2D eigenvalue weighted by molar-refractivity contribution is -0.137. The lowest BCUT2D eigenvalue weighted by Gasteiger charge is -2.13. The number of amides is 1. The van der Waals surface area contributed by atoms with Crippen molar-refractivity contribution in [2.45, 2.75) is 25.0 Å². The van der Waals surface area contributed by atoms with Gasteiger partial charge in [-0.05, 0) is 37.6 Å². The van der Waals surface area contributed by atoms with Crippen molar-refractivity contribution in [1.82, 2.24) is 4.98 Å². The molecule has 0 saturated heterocycles. The Balaban J connectivity index is 2.12. The van der Waals surface area contributed by atoms with Gasteiger partial charge in [0.1, 0.15) is 11.1 Å². The summed E-state index contributed by atoms with van der Waals surface area (Å²) < 4.78 is 38.8. The van der Waals surface area contributed by atoms with E-state index in [4.69, 9.17) is 0 Å². The number of aryl methyl sites for hydroxylation is 2. The van der Waals surface area contributed by atoms with Crippen LogP contribution in [0.1, 0.15) is 22.4 Å². The SMILES string of the molecule is Cc1cc(C)c(C#N)c(SCC(=O)Nc2ccccc2C(F)(F)F)n1. The number of halogens is 3. The van der Waals surface area contributed by atoms with Crippen molar-refractivity contribution >= 4 is 23.4 Å². The number of para-hydroxylation sites is 1. The number of carbonyl (C=O) groups is 1. The monoisotopic (exact) mass is 365 g/mol. The van der Waals surface area contributed by atoms with Crippen LogP contribution >= 0.6 is 11.8 Å². The molecule has 2 rings (SSSR count). The second-order valence-electron chi connectivity index (χ2n) is 5.25. The van der Waals surface area contributed by atoms with Crippen molar-refractivity contribution in [2.75, 3.05) is 11.1 Å². The predicted octanol–water partition coefficient (Wildman–Crippen LogP) is 4.32. The summed E-state index contributed by atoms with van der Waals surface area (Å²) in [6.45, 7) is 3.52. The van der Waals surface area contributed by atoms with E-state index in [1.807, 2.05) is 6.07 Å². The fourth-order valence-electron chi connectivity index (χ4n) is 2.20. The Bertz CT molecular complexity index is 844. The summed E-state index contributed by atoms with van der Waals surface area (Å²) in [5.74, 6) is -0.761. The van der Waals surface area contributed by atoms with E-state index < -0.39 is 17.6 Å². The van der Waals surface area contributed by atoms with Gasteiger partial charge in [0.15, 0.2) is 0 Å². The number of benzene rings is 1. The average Bonchev–Trinajstić information content (AvgIpc) is 2.52.